The van der Waals surface area contributed by atoms with E-state index in [1.807, 2.05) is 16.9 Å². The minimum atomic E-state index is -0.0560. The molecular formula is C17H31ClN4O. The maximum absolute atomic E-state index is 12.2. The molecule has 1 aliphatic heterocycles. The molecule has 1 saturated heterocycles. The molecule has 132 valence electrons. The summed E-state index contributed by atoms with van der Waals surface area (Å²) in [6, 6.07) is 2.40. The van der Waals surface area contributed by atoms with Gasteiger partial charge >= 0.3 is 0 Å². The van der Waals surface area contributed by atoms with Gasteiger partial charge in [-0.05, 0) is 44.7 Å². The van der Waals surface area contributed by atoms with Crippen molar-refractivity contribution < 1.29 is 4.79 Å². The Morgan fingerprint density at radius 3 is 2.87 bits per heavy atom. The molecule has 0 spiro atoms. The lowest BCUT2D eigenvalue weighted by molar-refractivity contribution is 0.0931. The van der Waals surface area contributed by atoms with E-state index in [-0.39, 0.29) is 24.4 Å². The number of amides is 1. The number of halogens is 1. The van der Waals surface area contributed by atoms with Crippen LogP contribution in [0, 0.1) is 5.92 Å². The molecule has 6 heteroatoms. The van der Waals surface area contributed by atoms with Gasteiger partial charge in [0.1, 0.15) is 5.69 Å². The molecule has 1 aromatic rings. The highest BCUT2D eigenvalue weighted by molar-refractivity contribution is 5.92. The number of hydrogen-bond donors (Lipinski definition) is 2. The van der Waals surface area contributed by atoms with Crippen LogP contribution in [0.1, 0.15) is 69.4 Å². The molecule has 1 fully saturated rings. The molecule has 5 nitrogen and oxygen atoms in total. The smallest absolute Gasteiger partial charge is 0.271 e. The Bertz CT molecular complexity index is 469. The van der Waals surface area contributed by atoms with Crippen molar-refractivity contribution in [3.8, 4) is 0 Å². The Morgan fingerprint density at radius 1 is 1.43 bits per heavy atom. The molecule has 1 aromatic heterocycles. The molecule has 0 bridgehead atoms. The SMILES string of the molecule is CC(C)CCCC(C)NC(=O)c1ccn(C2CCCNC2)n1.Cl. The van der Waals surface area contributed by atoms with E-state index in [4.69, 9.17) is 0 Å². The lowest BCUT2D eigenvalue weighted by atomic mass is 10.0. The fourth-order valence-corrected chi connectivity index (χ4v) is 2.92. The maximum Gasteiger partial charge on any atom is 0.271 e. The van der Waals surface area contributed by atoms with Crippen molar-refractivity contribution in [1.82, 2.24) is 20.4 Å². The van der Waals surface area contributed by atoms with E-state index in [0.29, 0.717) is 11.7 Å². The summed E-state index contributed by atoms with van der Waals surface area (Å²) < 4.78 is 1.94. The van der Waals surface area contributed by atoms with Crippen molar-refractivity contribution in [3.63, 3.8) is 0 Å². The monoisotopic (exact) mass is 342 g/mol. The van der Waals surface area contributed by atoms with Gasteiger partial charge in [0.15, 0.2) is 0 Å². The molecule has 2 heterocycles. The third-order valence-electron chi connectivity index (χ3n) is 4.28. The Kier molecular flexibility index (Phi) is 8.63. The summed E-state index contributed by atoms with van der Waals surface area (Å²) in [6.45, 7) is 8.56. The second-order valence-electron chi connectivity index (χ2n) is 6.88. The van der Waals surface area contributed by atoms with E-state index >= 15 is 0 Å². The van der Waals surface area contributed by atoms with Gasteiger partial charge in [0.05, 0.1) is 6.04 Å². The van der Waals surface area contributed by atoms with Crippen LogP contribution in [0.15, 0.2) is 12.3 Å². The van der Waals surface area contributed by atoms with Crippen LogP contribution in [-0.2, 0) is 0 Å². The highest BCUT2D eigenvalue weighted by atomic mass is 35.5. The average molecular weight is 343 g/mol. The summed E-state index contributed by atoms with van der Waals surface area (Å²) in [5, 5.41) is 10.9. The van der Waals surface area contributed by atoms with E-state index < -0.39 is 0 Å². The van der Waals surface area contributed by atoms with Gasteiger partial charge in [-0.1, -0.05) is 26.7 Å². The second kappa shape index (κ2) is 9.93. The lowest BCUT2D eigenvalue weighted by Crippen LogP contribution is -2.34. The van der Waals surface area contributed by atoms with Gasteiger partial charge in [-0.2, -0.15) is 5.10 Å². The van der Waals surface area contributed by atoms with Crippen molar-refractivity contribution in [1.29, 1.82) is 0 Å². The molecular weight excluding hydrogens is 312 g/mol. The Labute approximate surface area is 146 Å². The number of carbonyl (C=O) groups is 1. The van der Waals surface area contributed by atoms with E-state index in [2.05, 4.69) is 36.5 Å². The highest BCUT2D eigenvalue weighted by Gasteiger charge is 2.18. The minimum absolute atomic E-state index is 0. The Morgan fingerprint density at radius 2 is 2.22 bits per heavy atom. The van der Waals surface area contributed by atoms with Gasteiger partial charge < -0.3 is 10.6 Å². The number of piperidine rings is 1. The fourth-order valence-electron chi connectivity index (χ4n) is 2.92. The van der Waals surface area contributed by atoms with E-state index in [9.17, 15) is 4.79 Å². The summed E-state index contributed by atoms with van der Waals surface area (Å²) in [6.07, 6.45) is 7.61. The predicted octanol–water partition coefficient (Wildman–Crippen LogP) is 3.17. The van der Waals surface area contributed by atoms with Gasteiger partial charge in [0.25, 0.3) is 5.91 Å². The first-order chi connectivity index (χ1) is 10.6. The quantitative estimate of drug-likeness (QED) is 0.800. The maximum atomic E-state index is 12.2. The topological polar surface area (TPSA) is 59.0 Å². The summed E-state index contributed by atoms with van der Waals surface area (Å²) in [5.41, 5.74) is 0.529. The first kappa shape index (κ1) is 20.0. The van der Waals surface area contributed by atoms with Gasteiger partial charge in [0, 0.05) is 18.8 Å². The molecule has 1 aliphatic rings. The molecule has 2 atom stereocenters. The lowest BCUT2D eigenvalue weighted by Gasteiger charge is -2.22. The largest absolute Gasteiger partial charge is 0.348 e. The number of carbonyl (C=O) groups excluding carboxylic acids is 1. The zero-order valence-corrected chi connectivity index (χ0v) is 15.4. The molecule has 0 aromatic carbocycles. The van der Waals surface area contributed by atoms with Crippen molar-refractivity contribution in [2.75, 3.05) is 13.1 Å². The van der Waals surface area contributed by atoms with E-state index in [0.717, 1.165) is 38.3 Å². The molecule has 23 heavy (non-hydrogen) atoms. The van der Waals surface area contributed by atoms with Crippen LogP contribution in [0.25, 0.3) is 0 Å². The average Bonchev–Trinajstić information content (AvgIpc) is 2.97. The van der Waals surface area contributed by atoms with Crippen molar-refractivity contribution in [2.24, 2.45) is 5.92 Å². The molecule has 2 unspecified atom stereocenters. The highest BCUT2D eigenvalue weighted by Crippen LogP contribution is 2.16. The molecule has 2 N–H and O–H groups in total. The van der Waals surface area contributed by atoms with Crippen LogP contribution in [0.4, 0.5) is 0 Å². The third kappa shape index (κ3) is 6.51. The number of hydrogen-bond acceptors (Lipinski definition) is 3. The Hall–Kier alpha value is -1.07. The molecule has 1 amide bonds. The molecule has 0 saturated carbocycles. The van der Waals surface area contributed by atoms with Gasteiger partial charge in [-0.15, -0.1) is 12.4 Å². The minimum Gasteiger partial charge on any atom is -0.348 e. The third-order valence-corrected chi connectivity index (χ3v) is 4.28. The summed E-state index contributed by atoms with van der Waals surface area (Å²) >= 11 is 0. The number of nitrogens with zero attached hydrogens (tertiary/aromatic N) is 2. The van der Waals surface area contributed by atoms with Crippen molar-refractivity contribution in [2.45, 2.75) is 65.0 Å². The van der Waals surface area contributed by atoms with Crippen molar-refractivity contribution in [3.05, 3.63) is 18.0 Å². The van der Waals surface area contributed by atoms with E-state index in [1.165, 1.54) is 12.8 Å². The molecule has 2 rings (SSSR count). The molecule has 0 aliphatic carbocycles. The van der Waals surface area contributed by atoms with E-state index in [1.54, 1.807) is 0 Å². The van der Waals surface area contributed by atoms with Crippen LogP contribution in [-0.4, -0.2) is 34.8 Å². The van der Waals surface area contributed by atoms with Gasteiger partial charge in [-0.3, -0.25) is 9.48 Å². The Balaban J connectivity index is 0.00000264. The van der Waals surface area contributed by atoms with Crippen molar-refractivity contribution >= 4 is 18.3 Å². The summed E-state index contributed by atoms with van der Waals surface area (Å²) in [7, 11) is 0. The summed E-state index contributed by atoms with van der Waals surface area (Å²) in [5.74, 6) is 0.669. The normalized spacial score (nSPS) is 19.2. The number of rotatable bonds is 7. The van der Waals surface area contributed by atoms with Crippen LogP contribution in [0.3, 0.4) is 0 Å². The predicted molar refractivity (Wildman–Crippen MR) is 96.2 cm³/mol. The fraction of sp³-hybridized carbons (Fsp3) is 0.765. The van der Waals surface area contributed by atoms with Crippen LogP contribution >= 0.6 is 12.4 Å². The van der Waals surface area contributed by atoms with Crippen LogP contribution in [0.2, 0.25) is 0 Å². The van der Waals surface area contributed by atoms with Crippen LogP contribution < -0.4 is 10.6 Å². The first-order valence-electron chi connectivity index (χ1n) is 8.63. The second-order valence-corrected chi connectivity index (χ2v) is 6.88. The van der Waals surface area contributed by atoms with Crippen LogP contribution in [0.5, 0.6) is 0 Å². The number of aromatic nitrogens is 2. The zero-order valence-electron chi connectivity index (χ0n) is 14.5. The number of nitrogens with one attached hydrogen (secondary N) is 2. The standard InChI is InChI=1S/C17H30N4O.ClH/c1-13(2)6-4-7-14(3)19-17(22)16-9-11-21(20-16)15-8-5-10-18-12-15;/h9,11,13-15,18H,4-8,10,12H2,1-3H3,(H,19,22);1H. The molecule has 0 radical (unpaired) electrons. The zero-order chi connectivity index (χ0) is 15.9. The van der Waals surface area contributed by atoms with Gasteiger partial charge in [0.2, 0.25) is 0 Å². The summed E-state index contributed by atoms with van der Waals surface area (Å²) in [4.78, 5) is 12.2. The first-order valence-corrected chi connectivity index (χ1v) is 8.63. The van der Waals surface area contributed by atoms with Gasteiger partial charge in [-0.25, -0.2) is 0 Å².